The van der Waals surface area contributed by atoms with Crippen LogP contribution in [0.15, 0.2) is 48.5 Å². The minimum Gasteiger partial charge on any atom is -0.497 e. The predicted octanol–water partition coefficient (Wildman–Crippen LogP) is 3.43. The van der Waals surface area contributed by atoms with E-state index in [0.717, 1.165) is 23.1 Å². The van der Waals surface area contributed by atoms with E-state index in [2.05, 4.69) is 5.32 Å². The molecule has 0 aliphatic carbocycles. The van der Waals surface area contributed by atoms with E-state index in [1.165, 1.54) is 4.31 Å². The highest BCUT2D eigenvalue weighted by atomic mass is 32.2. The fourth-order valence-corrected chi connectivity index (χ4v) is 4.31. The predicted molar refractivity (Wildman–Crippen MR) is 112 cm³/mol. The number of methoxy groups -OCH3 is 1. The highest BCUT2D eigenvalue weighted by molar-refractivity contribution is 7.92. The topological polar surface area (TPSA) is 75.7 Å². The quantitative estimate of drug-likeness (QED) is 0.731. The number of aryl methyl sites for hydroxylation is 1. The van der Waals surface area contributed by atoms with E-state index in [1.54, 1.807) is 32.2 Å². The first-order valence-electron chi connectivity index (χ1n) is 9.17. The average molecular weight is 405 g/mol. The number of amides is 1. The summed E-state index contributed by atoms with van der Waals surface area (Å²) in [4.78, 5) is 13.0. The standard InChI is InChI=1S/C21H28N2O4S/c1-6-20(23(28(5,25)26)18-9-7-8-15(2)14-18)21(24)22-16(3)17-10-12-19(27-4)13-11-17/h7-14,16,20H,6H2,1-5H3,(H,22,24)/t16-,20-/m0/s1. The molecule has 2 rings (SSSR count). The monoisotopic (exact) mass is 404 g/mol. The van der Waals surface area contributed by atoms with Crippen molar-refractivity contribution in [2.45, 2.75) is 39.3 Å². The van der Waals surface area contributed by atoms with Crippen LogP contribution in [0, 0.1) is 6.92 Å². The number of rotatable bonds is 8. The largest absolute Gasteiger partial charge is 0.497 e. The van der Waals surface area contributed by atoms with E-state index < -0.39 is 16.1 Å². The van der Waals surface area contributed by atoms with Crippen LogP contribution in [0.1, 0.15) is 37.4 Å². The Kier molecular flexibility index (Phi) is 7.07. The van der Waals surface area contributed by atoms with Crippen LogP contribution in [-0.2, 0) is 14.8 Å². The first-order valence-corrected chi connectivity index (χ1v) is 11.0. The molecule has 0 radical (unpaired) electrons. The first kappa shape index (κ1) is 21.8. The summed E-state index contributed by atoms with van der Waals surface area (Å²) < 4.78 is 31.4. The fourth-order valence-electron chi connectivity index (χ4n) is 3.11. The van der Waals surface area contributed by atoms with Gasteiger partial charge in [0.1, 0.15) is 11.8 Å². The molecule has 1 amide bonds. The van der Waals surface area contributed by atoms with Gasteiger partial charge in [-0.1, -0.05) is 31.2 Å². The third-order valence-corrected chi connectivity index (χ3v) is 5.74. The number of hydrogen-bond donors (Lipinski definition) is 1. The van der Waals surface area contributed by atoms with Gasteiger partial charge >= 0.3 is 0 Å². The summed E-state index contributed by atoms with van der Waals surface area (Å²) in [5, 5.41) is 2.94. The molecule has 0 unspecified atom stereocenters. The molecule has 0 bridgehead atoms. The number of benzene rings is 2. The molecule has 7 heteroatoms. The molecule has 2 aromatic carbocycles. The molecule has 0 aliphatic rings. The molecule has 0 saturated carbocycles. The van der Waals surface area contributed by atoms with Gasteiger partial charge in [0.25, 0.3) is 0 Å². The summed E-state index contributed by atoms with van der Waals surface area (Å²) in [6.45, 7) is 5.55. The van der Waals surface area contributed by atoms with Gasteiger partial charge in [-0.2, -0.15) is 0 Å². The Morgan fingerprint density at radius 3 is 2.32 bits per heavy atom. The number of nitrogens with one attached hydrogen (secondary N) is 1. The number of carbonyl (C=O) groups is 1. The first-order chi connectivity index (χ1) is 13.2. The summed E-state index contributed by atoms with van der Waals surface area (Å²) in [6.07, 6.45) is 1.47. The van der Waals surface area contributed by atoms with Crippen molar-refractivity contribution in [3.63, 3.8) is 0 Å². The number of nitrogens with zero attached hydrogens (tertiary/aromatic N) is 1. The Morgan fingerprint density at radius 1 is 1.18 bits per heavy atom. The summed E-state index contributed by atoms with van der Waals surface area (Å²) >= 11 is 0. The van der Waals surface area contributed by atoms with Crippen molar-refractivity contribution in [3.8, 4) is 5.75 Å². The van der Waals surface area contributed by atoms with Crippen molar-refractivity contribution in [2.75, 3.05) is 17.7 Å². The molecule has 0 aromatic heterocycles. The highest BCUT2D eigenvalue weighted by Gasteiger charge is 2.32. The van der Waals surface area contributed by atoms with Gasteiger partial charge < -0.3 is 10.1 Å². The number of hydrogen-bond acceptors (Lipinski definition) is 4. The van der Waals surface area contributed by atoms with Gasteiger partial charge in [-0.25, -0.2) is 8.42 Å². The van der Waals surface area contributed by atoms with E-state index in [9.17, 15) is 13.2 Å². The van der Waals surface area contributed by atoms with Gasteiger partial charge in [-0.3, -0.25) is 9.10 Å². The van der Waals surface area contributed by atoms with Crippen LogP contribution in [0.5, 0.6) is 5.75 Å². The third-order valence-electron chi connectivity index (χ3n) is 4.56. The van der Waals surface area contributed by atoms with Gasteiger partial charge in [0.2, 0.25) is 15.9 Å². The molecule has 1 N–H and O–H groups in total. The zero-order valence-corrected chi connectivity index (χ0v) is 17.8. The molecular formula is C21H28N2O4S. The lowest BCUT2D eigenvalue weighted by molar-refractivity contribution is -0.122. The van der Waals surface area contributed by atoms with Crippen LogP contribution >= 0.6 is 0 Å². The normalized spacial score (nSPS) is 13.5. The number of ether oxygens (including phenoxy) is 1. The Balaban J connectivity index is 2.28. The molecule has 2 atom stereocenters. The Morgan fingerprint density at radius 2 is 1.82 bits per heavy atom. The van der Waals surface area contributed by atoms with Crippen LogP contribution in [0.25, 0.3) is 0 Å². The van der Waals surface area contributed by atoms with Crippen molar-refractivity contribution in [1.29, 1.82) is 0 Å². The molecule has 152 valence electrons. The van der Waals surface area contributed by atoms with Crippen molar-refractivity contribution in [1.82, 2.24) is 5.32 Å². The van der Waals surface area contributed by atoms with Gasteiger partial charge in [0.15, 0.2) is 0 Å². The lowest BCUT2D eigenvalue weighted by Gasteiger charge is -2.31. The lowest BCUT2D eigenvalue weighted by atomic mass is 10.1. The molecule has 2 aromatic rings. The van der Waals surface area contributed by atoms with Gasteiger partial charge in [0.05, 0.1) is 25.1 Å². The maximum atomic E-state index is 13.0. The Labute approximate surface area is 167 Å². The summed E-state index contributed by atoms with van der Waals surface area (Å²) in [7, 11) is -2.05. The van der Waals surface area contributed by atoms with Crippen LogP contribution in [0.2, 0.25) is 0 Å². The van der Waals surface area contributed by atoms with Crippen LogP contribution in [-0.4, -0.2) is 33.7 Å². The maximum Gasteiger partial charge on any atom is 0.244 e. The number of carbonyl (C=O) groups excluding carboxylic acids is 1. The van der Waals surface area contributed by atoms with Crippen molar-refractivity contribution in [3.05, 3.63) is 59.7 Å². The van der Waals surface area contributed by atoms with E-state index in [-0.39, 0.29) is 11.9 Å². The molecule has 0 spiro atoms. The van der Waals surface area contributed by atoms with Gasteiger partial charge in [-0.15, -0.1) is 0 Å². The molecule has 6 nitrogen and oxygen atoms in total. The number of sulfonamides is 1. The van der Waals surface area contributed by atoms with Crippen molar-refractivity contribution < 1.29 is 17.9 Å². The minimum atomic E-state index is -3.64. The molecule has 0 heterocycles. The second-order valence-electron chi connectivity index (χ2n) is 6.83. The average Bonchev–Trinajstić information content (AvgIpc) is 2.64. The Bertz CT molecular complexity index is 910. The smallest absolute Gasteiger partial charge is 0.244 e. The third kappa shape index (κ3) is 5.25. The molecule has 28 heavy (non-hydrogen) atoms. The van der Waals surface area contributed by atoms with Gasteiger partial charge in [-0.05, 0) is 55.7 Å². The fraction of sp³-hybridized carbons (Fsp3) is 0.381. The zero-order chi connectivity index (χ0) is 20.9. The second kappa shape index (κ2) is 9.10. The summed E-state index contributed by atoms with van der Waals surface area (Å²) in [6, 6.07) is 13.4. The maximum absolute atomic E-state index is 13.0. The molecule has 0 aliphatic heterocycles. The SMILES string of the molecule is CC[C@@H](C(=O)N[C@@H](C)c1ccc(OC)cc1)N(c1cccc(C)c1)S(C)(=O)=O. The highest BCUT2D eigenvalue weighted by Crippen LogP contribution is 2.24. The molecule has 0 fully saturated rings. The zero-order valence-electron chi connectivity index (χ0n) is 17.0. The van der Waals surface area contributed by atoms with Crippen LogP contribution < -0.4 is 14.4 Å². The van der Waals surface area contributed by atoms with E-state index in [0.29, 0.717) is 12.1 Å². The van der Waals surface area contributed by atoms with E-state index in [1.807, 2.05) is 44.2 Å². The van der Waals surface area contributed by atoms with E-state index in [4.69, 9.17) is 4.74 Å². The summed E-state index contributed by atoms with van der Waals surface area (Å²) in [5.41, 5.74) is 2.32. The Hall–Kier alpha value is -2.54. The van der Waals surface area contributed by atoms with Crippen molar-refractivity contribution >= 4 is 21.6 Å². The minimum absolute atomic E-state index is 0.272. The number of anilines is 1. The van der Waals surface area contributed by atoms with Gasteiger partial charge in [0, 0.05) is 0 Å². The van der Waals surface area contributed by atoms with Crippen molar-refractivity contribution in [2.24, 2.45) is 0 Å². The van der Waals surface area contributed by atoms with E-state index >= 15 is 0 Å². The molecule has 0 saturated heterocycles. The van der Waals surface area contributed by atoms with Crippen LogP contribution in [0.4, 0.5) is 5.69 Å². The summed E-state index contributed by atoms with van der Waals surface area (Å²) in [5.74, 6) is 0.397. The molecular weight excluding hydrogens is 376 g/mol. The van der Waals surface area contributed by atoms with Crippen LogP contribution in [0.3, 0.4) is 0 Å². The lowest BCUT2D eigenvalue weighted by Crippen LogP contribution is -2.49. The second-order valence-corrected chi connectivity index (χ2v) is 8.68.